The molecule has 1 fully saturated rings. The van der Waals surface area contributed by atoms with Gasteiger partial charge in [0.25, 0.3) is 0 Å². The predicted octanol–water partition coefficient (Wildman–Crippen LogP) is 3.30. The second kappa shape index (κ2) is 8.19. The second-order valence-corrected chi connectivity index (χ2v) is 6.97. The highest BCUT2D eigenvalue weighted by Crippen LogP contribution is 2.38. The molecule has 1 saturated carbocycles. The summed E-state index contributed by atoms with van der Waals surface area (Å²) in [7, 11) is 0. The Bertz CT molecular complexity index is 596. The number of carbonyl (C=O) groups is 2. The molecule has 0 aliphatic heterocycles. The van der Waals surface area contributed by atoms with E-state index in [0.29, 0.717) is 28.8 Å². The molecule has 2 amide bonds. The fraction of sp³-hybridized carbons (Fsp3) is 0.529. The van der Waals surface area contributed by atoms with Crippen molar-refractivity contribution in [2.45, 2.75) is 32.6 Å². The lowest BCUT2D eigenvalue weighted by atomic mass is 9.84. The van der Waals surface area contributed by atoms with Crippen LogP contribution in [0, 0.1) is 5.41 Å². The van der Waals surface area contributed by atoms with E-state index in [9.17, 15) is 9.59 Å². The highest BCUT2D eigenvalue weighted by Gasteiger charge is 2.42. The second-order valence-electron chi connectivity index (χ2n) is 6.16. The maximum Gasteiger partial charge on any atom is 0.244 e. The molecule has 1 aromatic rings. The lowest BCUT2D eigenvalue weighted by Gasteiger charge is -2.32. The van der Waals surface area contributed by atoms with Gasteiger partial charge in [-0.3, -0.25) is 9.59 Å². The van der Waals surface area contributed by atoms with Crippen LogP contribution in [0.3, 0.4) is 0 Å². The lowest BCUT2D eigenvalue weighted by Crippen LogP contribution is -2.49. The van der Waals surface area contributed by atoms with Gasteiger partial charge < -0.3 is 16.0 Å². The lowest BCUT2D eigenvalue weighted by molar-refractivity contribution is -0.143. The first kappa shape index (κ1) is 19.0. The van der Waals surface area contributed by atoms with Crippen LogP contribution in [0.25, 0.3) is 0 Å². The molecule has 0 saturated heterocycles. The quantitative estimate of drug-likeness (QED) is 0.805. The molecule has 3 N–H and O–H groups in total. The normalized spacial score (nSPS) is 16.0. The van der Waals surface area contributed by atoms with Gasteiger partial charge in [0.15, 0.2) is 0 Å². The molecule has 1 aliphatic carbocycles. The Hall–Kier alpha value is -1.30. The van der Waals surface area contributed by atoms with Crippen LogP contribution >= 0.6 is 23.2 Å². The summed E-state index contributed by atoms with van der Waals surface area (Å²) in [5.74, 6) is -0.365. The average Bonchev–Trinajstić information content (AvgIpc) is 3.06. The molecule has 0 radical (unpaired) electrons. The summed E-state index contributed by atoms with van der Waals surface area (Å²) in [5, 5.41) is 3.41. The molecule has 7 heteroatoms. The summed E-state index contributed by atoms with van der Waals surface area (Å²) < 4.78 is 0. The molecule has 0 bridgehead atoms. The van der Waals surface area contributed by atoms with Crippen LogP contribution < -0.4 is 11.1 Å². The summed E-state index contributed by atoms with van der Waals surface area (Å²) in [6, 6.07) is 4.99. The Balaban J connectivity index is 2.07. The van der Waals surface area contributed by atoms with E-state index in [1.807, 2.05) is 6.92 Å². The van der Waals surface area contributed by atoms with Crippen molar-refractivity contribution in [3.05, 3.63) is 28.2 Å². The molecule has 1 aromatic carbocycles. The topological polar surface area (TPSA) is 75.4 Å². The highest BCUT2D eigenvalue weighted by atomic mass is 35.5. The monoisotopic (exact) mass is 371 g/mol. The summed E-state index contributed by atoms with van der Waals surface area (Å²) in [6.07, 6.45) is 3.58. The third kappa shape index (κ3) is 4.02. The average molecular weight is 372 g/mol. The Kier molecular flexibility index (Phi) is 6.49. The van der Waals surface area contributed by atoms with E-state index < -0.39 is 5.41 Å². The standard InChI is InChI=1S/C17H23Cl2N3O2/c1-2-22(16(24)17(11-20)8-3-4-9-17)10-14(23)21-15-12(18)6-5-7-13(15)19/h5-7H,2-4,8-11,20H2,1H3,(H,21,23). The number of halogens is 2. The maximum absolute atomic E-state index is 12.9. The zero-order valence-electron chi connectivity index (χ0n) is 13.8. The number of nitrogens with one attached hydrogen (secondary N) is 1. The number of anilines is 1. The van der Waals surface area contributed by atoms with Crippen molar-refractivity contribution in [1.29, 1.82) is 0 Å². The number of nitrogens with zero attached hydrogens (tertiary/aromatic N) is 1. The first-order valence-corrected chi connectivity index (χ1v) is 8.92. The van der Waals surface area contributed by atoms with Gasteiger partial charge in [-0.2, -0.15) is 0 Å². The van der Waals surface area contributed by atoms with E-state index in [2.05, 4.69) is 5.32 Å². The van der Waals surface area contributed by atoms with E-state index in [1.165, 1.54) is 0 Å². The fourth-order valence-corrected chi connectivity index (χ4v) is 3.68. The van der Waals surface area contributed by atoms with E-state index in [-0.39, 0.29) is 18.4 Å². The molecule has 2 rings (SSSR count). The van der Waals surface area contributed by atoms with Crippen molar-refractivity contribution in [3.63, 3.8) is 0 Å². The van der Waals surface area contributed by atoms with Gasteiger partial charge in [0.1, 0.15) is 0 Å². The van der Waals surface area contributed by atoms with Gasteiger partial charge in [-0.05, 0) is 31.9 Å². The number of hydrogen-bond acceptors (Lipinski definition) is 3. The molecule has 1 aliphatic rings. The van der Waals surface area contributed by atoms with Crippen molar-refractivity contribution < 1.29 is 9.59 Å². The Morgan fingerprint density at radius 1 is 1.25 bits per heavy atom. The smallest absolute Gasteiger partial charge is 0.244 e. The van der Waals surface area contributed by atoms with Crippen molar-refractivity contribution in [2.24, 2.45) is 11.1 Å². The number of benzene rings is 1. The molecule has 132 valence electrons. The van der Waals surface area contributed by atoms with Crippen LogP contribution in [0.4, 0.5) is 5.69 Å². The highest BCUT2D eigenvalue weighted by molar-refractivity contribution is 6.39. The fourth-order valence-electron chi connectivity index (χ4n) is 3.19. The van der Waals surface area contributed by atoms with Crippen LogP contribution in [0.5, 0.6) is 0 Å². The van der Waals surface area contributed by atoms with Crippen LogP contribution in [0.15, 0.2) is 18.2 Å². The van der Waals surface area contributed by atoms with Crippen molar-refractivity contribution in [1.82, 2.24) is 4.90 Å². The van der Waals surface area contributed by atoms with Crippen molar-refractivity contribution in [2.75, 3.05) is 25.0 Å². The van der Waals surface area contributed by atoms with Crippen LogP contribution in [-0.4, -0.2) is 36.3 Å². The maximum atomic E-state index is 12.9. The molecule has 0 unspecified atom stereocenters. The Morgan fingerprint density at radius 2 is 1.83 bits per heavy atom. The summed E-state index contributed by atoms with van der Waals surface area (Å²) in [6.45, 7) is 2.58. The number of likely N-dealkylation sites (N-methyl/N-ethyl adjacent to an activating group) is 1. The van der Waals surface area contributed by atoms with Crippen molar-refractivity contribution in [3.8, 4) is 0 Å². The SMILES string of the molecule is CCN(CC(=O)Nc1c(Cl)cccc1Cl)C(=O)C1(CN)CCCC1. The number of nitrogens with two attached hydrogens (primary N) is 1. The molecule has 0 heterocycles. The van der Waals surface area contributed by atoms with Gasteiger partial charge in [-0.15, -0.1) is 0 Å². The van der Waals surface area contributed by atoms with Gasteiger partial charge >= 0.3 is 0 Å². The van der Waals surface area contributed by atoms with E-state index in [0.717, 1.165) is 25.7 Å². The van der Waals surface area contributed by atoms with Gasteiger partial charge in [-0.1, -0.05) is 42.1 Å². The first-order chi connectivity index (χ1) is 11.4. The molecule has 0 spiro atoms. The number of para-hydroxylation sites is 1. The summed E-state index contributed by atoms with van der Waals surface area (Å²) in [5.41, 5.74) is 5.72. The Labute approximate surface area is 152 Å². The molecule has 5 nitrogen and oxygen atoms in total. The minimum absolute atomic E-state index is 0.0367. The minimum Gasteiger partial charge on any atom is -0.333 e. The van der Waals surface area contributed by atoms with Crippen LogP contribution in [-0.2, 0) is 9.59 Å². The molecule has 0 atom stereocenters. The molecule has 0 aromatic heterocycles. The summed E-state index contributed by atoms with van der Waals surface area (Å²) >= 11 is 12.1. The largest absolute Gasteiger partial charge is 0.333 e. The Morgan fingerprint density at radius 3 is 2.33 bits per heavy atom. The zero-order chi connectivity index (χ0) is 17.7. The van der Waals surface area contributed by atoms with Gasteiger partial charge in [0.2, 0.25) is 11.8 Å². The molecular formula is C17H23Cl2N3O2. The predicted molar refractivity (Wildman–Crippen MR) is 97.3 cm³/mol. The number of hydrogen-bond donors (Lipinski definition) is 2. The first-order valence-electron chi connectivity index (χ1n) is 8.17. The van der Waals surface area contributed by atoms with Crippen LogP contribution in [0.2, 0.25) is 10.0 Å². The van der Waals surface area contributed by atoms with Gasteiger partial charge in [0, 0.05) is 13.1 Å². The molecular weight excluding hydrogens is 349 g/mol. The third-order valence-electron chi connectivity index (χ3n) is 4.64. The third-order valence-corrected chi connectivity index (χ3v) is 5.27. The number of amides is 2. The summed E-state index contributed by atoms with van der Waals surface area (Å²) in [4.78, 5) is 26.8. The minimum atomic E-state index is -0.516. The van der Waals surface area contributed by atoms with E-state index in [4.69, 9.17) is 28.9 Å². The molecule has 24 heavy (non-hydrogen) atoms. The zero-order valence-corrected chi connectivity index (χ0v) is 15.3. The number of rotatable bonds is 6. The van der Waals surface area contributed by atoms with Gasteiger partial charge in [0.05, 0.1) is 27.7 Å². The number of carbonyl (C=O) groups excluding carboxylic acids is 2. The van der Waals surface area contributed by atoms with E-state index in [1.54, 1.807) is 23.1 Å². The van der Waals surface area contributed by atoms with Crippen LogP contribution in [0.1, 0.15) is 32.6 Å². The van der Waals surface area contributed by atoms with E-state index >= 15 is 0 Å². The van der Waals surface area contributed by atoms with Crippen molar-refractivity contribution >= 4 is 40.7 Å². The van der Waals surface area contributed by atoms with Gasteiger partial charge in [-0.25, -0.2) is 0 Å².